The van der Waals surface area contributed by atoms with Gasteiger partial charge in [-0.05, 0) is 37.3 Å². The topological polar surface area (TPSA) is 71.3 Å². The number of nitrogens with zero attached hydrogens (tertiary/aromatic N) is 5. The highest BCUT2D eigenvalue weighted by atomic mass is 16.2. The molecule has 146 valence electrons. The third kappa shape index (κ3) is 2.80. The average Bonchev–Trinajstić information content (AvgIpc) is 3.16. The SMILES string of the molecule is Cn1cnc(C2CN(C(=O)c3ccncc3)CC23CCN(CC2CC2)C3=O)c1. The standard InChI is InChI=1S/C21H25N5O2/c1-24-12-18(23-14-24)17-11-26(19(27)16-4-7-22-8-5-16)13-21(17)6-9-25(20(21)28)10-15-2-3-15/h4-5,7-8,12,14-15,17H,2-3,6,9-11,13H2,1H3. The van der Waals surface area contributed by atoms with E-state index in [0.29, 0.717) is 24.6 Å². The summed E-state index contributed by atoms with van der Waals surface area (Å²) in [6.45, 7) is 2.65. The van der Waals surface area contributed by atoms with Crippen LogP contribution >= 0.6 is 0 Å². The maximum Gasteiger partial charge on any atom is 0.254 e. The second-order valence-electron chi connectivity index (χ2n) is 8.54. The number of carbonyl (C=O) groups is 2. The molecule has 2 aromatic rings. The Labute approximate surface area is 164 Å². The summed E-state index contributed by atoms with van der Waals surface area (Å²) in [5, 5.41) is 0. The Balaban J connectivity index is 1.47. The summed E-state index contributed by atoms with van der Waals surface area (Å²) < 4.78 is 1.91. The highest BCUT2D eigenvalue weighted by molar-refractivity contribution is 5.96. The van der Waals surface area contributed by atoms with Crippen molar-refractivity contribution < 1.29 is 9.59 Å². The average molecular weight is 379 g/mol. The first-order chi connectivity index (χ1) is 13.6. The molecule has 2 aliphatic heterocycles. The molecule has 0 radical (unpaired) electrons. The second-order valence-corrected chi connectivity index (χ2v) is 8.54. The van der Waals surface area contributed by atoms with Crippen molar-refractivity contribution in [3.63, 3.8) is 0 Å². The summed E-state index contributed by atoms with van der Waals surface area (Å²) >= 11 is 0. The lowest BCUT2D eigenvalue weighted by atomic mass is 9.75. The molecule has 2 amide bonds. The zero-order valence-corrected chi connectivity index (χ0v) is 16.1. The molecule has 3 aliphatic rings. The molecule has 0 aromatic carbocycles. The monoisotopic (exact) mass is 379 g/mol. The minimum atomic E-state index is -0.550. The van der Waals surface area contributed by atoms with Gasteiger partial charge in [-0.3, -0.25) is 14.6 Å². The first-order valence-electron chi connectivity index (χ1n) is 10.0. The Morgan fingerprint density at radius 2 is 2.07 bits per heavy atom. The van der Waals surface area contributed by atoms with Gasteiger partial charge >= 0.3 is 0 Å². The lowest BCUT2D eigenvalue weighted by Gasteiger charge is -2.27. The summed E-state index contributed by atoms with van der Waals surface area (Å²) in [4.78, 5) is 39.1. The lowest BCUT2D eigenvalue weighted by molar-refractivity contribution is -0.136. The molecule has 1 spiro atoms. The van der Waals surface area contributed by atoms with Gasteiger partial charge in [-0.25, -0.2) is 4.98 Å². The Bertz CT molecular complexity index is 907. The number of aryl methyl sites for hydroxylation is 1. The van der Waals surface area contributed by atoms with Crippen molar-refractivity contribution in [3.8, 4) is 0 Å². The van der Waals surface area contributed by atoms with Crippen LogP contribution in [-0.4, -0.2) is 62.3 Å². The predicted octanol–water partition coefficient (Wildman–Crippen LogP) is 1.68. The molecule has 1 saturated carbocycles. The summed E-state index contributed by atoms with van der Waals surface area (Å²) in [5.41, 5.74) is 0.979. The number of pyridine rings is 1. The van der Waals surface area contributed by atoms with E-state index in [-0.39, 0.29) is 17.7 Å². The van der Waals surface area contributed by atoms with Crippen LogP contribution in [0.1, 0.15) is 41.2 Å². The Kier molecular flexibility index (Phi) is 4.00. The molecule has 2 atom stereocenters. The fourth-order valence-electron chi connectivity index (χ4n) is 4.85. The third-order valence-corrected chi connectivity index (χ3v) is 6.56. The van der Waals surface area contributed by atoms with Crippen LogP contribution in [0.25, 0.3) is 0 Å². The quantitative estimate of drug-likeness (QED) is 0.810. The van der Waals surface area contributed by atoms with E-state index in [0.717, 1.165) is 25.2 Å². The maximum atomic E-state index is 13.5. The van der Waals surface area contributed by atoms with Crippen LogP contribution in [0.4, 0.5) is 0 Å². The minimum absolute atomic E-state index is 0.0337. The Hall–Kier alpha value is -2.70. The van der Waals surface area contributed by atoms with Gasteiger partial charge < -0.3 is 14.4 Å². The van der Waals surface area contributed by atoms with Crippen molar-refractivity contribution in [1.82, 2.24) is 24.3 Å². The van der Waals surface area contributed by atoms with Gasteiger partial charge in [0, 0.05) is 63.3 Å². The van der Waals surface area contributed by atoms with Gasteiger partial charge in [-0.2, -0.15) is 0 Å². The zero-order valence-electron chi connectivity index (χ0n) is 16.1. The third-order valence-electron chi connectivity index (χ3n) is 6.56. The van der Waals surface area contributed by atoms with E-state index < -0.39 is 5.41 Å². The number of likely N-dealkylation sites (tertiary alicyclic amines) is 2. The van der Waals surface area contributed by atoms with E-state index in [1.165, 1.54) is 12.8 Å². The number of hydrogen-bond acceptors (Lipinski definition) is 4. The first kappa shape index (κ1) is 17.4. The number of aromatic nitrogens is 3. The molecule has 7 heteroatoms. The highest BCUT2D eigenvalue weighted by Gasteiger charge is 2.59. The van der Waals surface area contributed by atoms with E-state index >= 15 is 0 Å². The highest BCUT2D eigenvalue weighted by Crippen LogP contribution is 2.50. The minimum Gasteiger partial charge on any atom is -0.342 e. The summed E-state index contributed by atoms with van der Waals surface area (Å²) in [7, 11) is 1.94. The van der Waals surface area contributed by atoms with Crippen LogP contribution in [0.2, 0.25) is 0 Å². The predicted molar refractivity (Wildman–Crippen MR) is 102 cm³/mol. The molecule has 2 aromatic heterocycles. The molecular weight excluding hydrogens is 354 g/mol. The molecule has 7 nitrogen and oxygen atoms in total. The van der Waals surface area contributed by atoms with Crippen LogP contribution in [-0.2, 0) is 11.8 Å². The van der Waals surface area contributed by atoms with E-state index in [2.05, 4.69) is 9.97 Å². The lowest BCUT2D eigenvalue weighted by Crippen LogP contribution is -2.41. The molecule has 2 unspecified atom stereocenters. The van der Waals surface area contributed by atoms with Gasteiger partial charge in [-0.15, -0.1) is 0 Å². The van der Waals surface area contributed by atoms with Gasteiger partial charge in [0.05, 0.1) is 17.4 Å². The van der Waals surface area contributed by atoms with Crippen molar-refractivity contribution in [2.45, 2.75) is 25.2 Å². The van der Waals surface area contributed by atoms with E-state index in [4.69, 9.17) is 0 Å². The van der Waals surface area contributed by atoms with Crippen LogP contribution in [0.5, 0.6) is 0 Å². The van der Waals surface area contributed by atoms with E-state index in [9.17, 15) is 9.59 Å². The molecule has 1 aliphatic carbocycles. The number of amides is 2. The molecule has 28 heavy (non-hydrogen) atoms. The van der Waals surface area contributed by atoms with Crippen molar-refractivity contribution in [2.75, 3.05) is 26.2 Å². The molecule has 4 heterocycles. The number of imidazole rings is 1. The summed E-state index contributed by atoms with van der Waals surface area (Å²) in [5.74, 6) is 0.785. The van der Waals surface area contributed by atoms with Crippen LogP contribution in [0, 0.1) is 11.3 Å². The van der Waals surface area contributed by atoms with Crippen molar-refractivity contribution >= 4 is 11.8 Å². The first-order valence-corrected chi connectivity index (χ1v) is 10.0. The van der Waals surface area contributed by atoms with Crippen molar-refractivity contribution in [1.29, 1.82) is 0 Å². The Morgan fingerprint density at radius 1 is 1.29 bits per heavy atom. The maximum absolute atomic E-state index is 13.5. The van der Waals surface area contributed by atoms with E-state index in [1.54, 1.807) is 30.9 Å². The molecule has 2 saturated heterocycles. The molecule has 3 fully saturated rings. The largest absolute Gasteiger partial charge is 0.342 e. The van der Waals surface area contributed by atoms with Gasteiger partial charge in [-0.1, -0.05) is 0 Å². The van der Waals surface area contributed by atoms with Crippen LogP contribution in [0.15, 0.2) is 37.1 Å². The number of hydrogen-bond donors (Lipinski definition) is 0. The fraction of sp³-hybridized carbons (Fsp3) is 0.524. The molecule has 0 N–H and O–H groups in total. The zero-order chi connectivity index (χ0) is 19.3. The molecule has 0 bridgehead atoms. The van der Waals surface area contributed by atoms with Crippen molar-refractivity contribution in [3.05, 3.63) is 48.3 Å². The smallest absolute Gasteiger partial charge is 0.254 e. The number of carbonyl (C=O) groups excluding carboxylic acids is 2. The normalized spacial score (nSPS) is 27.2. The van der Waals surface area contributed by atoms with Gasteiger partial charge in [0.15, 0.2) is 0 Å². The van der Waals surface area contributed by atoms with Gasteiger partial charge in [0.25, 0.3) is 5.91 Å². The molecule has 5 rings (SSSR count). The molecular formula is C21H25N5O2. The Morgan fingerprint density at radius 3 is 2.75 bits per heavy atom. The second kappa shape index (κ2) is 6.43. The van der Waals surface area contributed by atoms with E-state index in [1.807, 2.05) is 27.6 Å². The van der Waals surface area contributed by atoms with Gasteiger partial charge in [0.2, 0.25) is 5.91 Å². The fourth-order valence-corrected chi connectivity index (χ4v) is 4.85. The number of rotatable bonds is 4. The summed E-state index contributed by atoms with van der Waals surface area (Å²) in [6.07, 6.45) is 10.3. The van der Waals surface area contributed by atoms with Gasteiger partial charge in [0.1, 0.15) is 0 Å². The van der Waals surface area contributed by atoms with Crippen LogP contribution in [0.3, 0.4) is 0 Å². The van der Waals surface area contributed by atoms with Crippen molar-refractivity contribution in [2.24, 2.45) is 18.4 Å². The summed E-state index contributed by atoms with van der Waals surface area (Å²) in [6, 6.07) is 3.47. The van der Waals surface area contributed by atoms with Crippen LogP contribution < -0.4 is 0 Å².